The molecule has 22 heavy (non-hydrogen) atoms. The van der Waals surface area contributed by atoms with E-state index < -0.39 is 10.0 Å². The van der Waals surface area contributed by atoms with Crippen molar-refractivity contribution in [2.75, 3.05) is 13.1 Å². The van der Waals surface area contributed by atoms with Crippen LogP contribution in [0.2, 0.25) is 5.02 Å². The van der Waals surface area contributed by atoms with Gasteiger partial charge in [0.1, 0.15) is 0 Å². The second-order valence-electron chi connectivity index (χ2n) is 5.67. The predicted molar refractivity (Wildman–Crippen MR) is 87.7 cm³/mol. The minimum Gasteiger partial charge on any atom is -0.373 e. The second-order valence-corrected chi connectivity index (χ2v) is 7.98. The lowest BCUT2D eigenvalue weighted by atomic mass is 10.1. The summed E-state index contributed by atoms with van der Waals surface area (Å²) in [7, 11) is -3.58. The highest BCUT2D eigenvalue weighted by Crippen LogP contribution is 2.31. The fraction of sp³-hybridized carbons (Fsp3) is 0.375. The molecule has 1 aliphatic rings. The van der Waals surface area contributed by atoms with Crippen LogP contribution in [0.15, 0.2) is 41.3 Å². The quantitative estimate of drug-likeness (QED) is 0.843. The predicted octanol–water partition coefficient (Wildman–Crippen LogP) is 3.29. The summed E-state index contributed by atoms with van der Waals surface area (Å²) in [6.45, 7) is 4.50. The maximum Gasteiger partial charge on any atom is 0.243 e. The molecule has 0 saturated carbocycles. The molecule has 0 radical (unpaired) electrons. The van der Waals surface area contributed by atoms with E-state index in [0.717, 1.165) is 5.39 Å². The number of benzene rings is 2. The van der Waals surface area contributed by atoms with Crippen LogP contribution in [0.3, 0.4) is 0 Å². The molecule has 3 rings (SSSR count). The number of halogens is 1. The molecular weight excluding hydrogens is 322 g/mol. The first kappa shape index (κ1) is 15.7. The van der Waals surface area contributed by atoms with Gasteiger partial charge in [0.05, 0.1) is 17.1 Å². The average Bonchev–Trinajstić information content (AvgIpc) is 2.46. The Hall–Kier alpha value is -1.14. The van der Waals surface area contributed by atoms with E-state index in [1.54, 1.807) is 18.2 Å². The summed E-state index contributed by atoms with van der Waals surface area (Å²) in [6, 6.07) is 10.5. The maximum atomic E-state index is 13.0. The molecule has 4 nitrogen and oxygen atoms in total. The third-order valence-corrected chi connectivity index (χ3v) is 6.05. The Morgan fingerprint density at radius 2 is 1.64 bits per heavy atom. The maximum absolute atomic E-state index is 13.0. The molecule has 0 bridgehead atoms. The van der Waals surface area contributed by atoms with E-state index in [-0.39, 0.29) is 12.2 Å². The first-order valence-corrected chi connectivity index (χ1v) is 9.04. The fourth-order valence-electron chi connectivity index (χ4n) is 2.93. The molecule has 1 heterocycles. The topological polar surface area (TPSA) is 46.6 Å². The molecular formula is C16H18ClNO3S. The van der Waals surface area contributed by atoms with Crippen LogP contribution in [-0.2, 0) is 14.8 Å². The molecule has 1 aliphatic heterocycles. The molecule has 118 valence electrons. The van der Waals surface area contributed by atoms with Crippen LogP contribution >= 0.6 is 11.6 Å². The molecule has 2 aromatic carbocycles. The number of ether oxygens (including phenoxy) is 1. The van der Waals surface area contributed by atoms with Crippen molar-refractivity contribution in [3.05, 3.63) is 41.4 Å². The van der Waals surface area contributed by atoms with Crippen LogP contribution < -0.4 is 0 Å². The Balaban J connectivity index is 2.12. The van der Waals surface area contributed by atoms with Crippen molar-refractivity contribution < 1.29 is 13.2 Å². The van der Waals surface area contributed by atoms with Crippen LogP contribution in [0.4, 0.5) is 0 Å². The summed E-state index contributed by atoms with van der Waals surface area (Å²) in [5.41, 5.74) is 0. The fourth-order valence-corrected chi connectivity index (χ4v) is 4.94. The Bertz CT molecular complexity index is 796. The van der Waals surface area contributed by atoms with Gasteiger partial charge in [0.15, 0.2) is 0 Å². The van der Waals surface area contributed by atoms with Gasteiger partial charge in [0.25, 0.3) is 0 Å². The lowest BCUT2D eigenvalue weighted by Gasteiger charge is -2.34. The van der Waals surface area contributed by atoms with Crippen molar-refractivity contribution in [1.82, 2.24) is 4.31 Å². The minimum atomic E-state index is -3.58. The third-order valence-electron chi connectivity index (χ3n) is 3.83. The largest absolute Gasteiger partial charge is 0.373 e. The highest BCUT2D eigenvalue weighted by Gasteiger charge is 2.33. The van der Waals surface area contributed by atoms with E-state index in [0.29, 0.717) is 28.4 Å². The van der Waals surface area contributed by atoms with Gasteiger partial charge in [0, 0.05) is 28.9 Å². The summed E-state index contributed by atoms with van der Waals surface area (Å²) in [5, 5.41) is 1.96. The molecule has 2 atom stereocenters. The van der Waals surface area contributed by atoms with E-state index in [9.17, 15) is 8.42 Å². The van der Waals surface area contributed by atoms with Gasteiger partial charge in [-0.3, -0.25) is 0 Å². The van der Waals surface area contributed by atoms with Gasteiger partial charge in [-0.1, -0.05) is 35.9 Å². The molecule has 0 spiro atoms. The molecule has 0 amide bonds. The Kier molecular flexibility index (Phi) is 4.16. The molecule has 1 fully saturated rings. The van der Waals surface area contributed by atoms with E-state index in [4.69, 9.17) is 16.3 Å². The average molecular weight is 340 g/mol. The van der Waals surface area contributed by atoms with Crippen molar-refractivity contribution in [1.29, 1.82) is 0 Å². The van der Waals surface area contributed by atoms with Crippen molar-refractivity contribution in [2.45, 2.75) is 31.0 Å². The molecule has 0 aromatic heterocycles. The number of hydrogen-bond acceptors (Lipinski definition) is 3. The monoisotopic (exact) mass is 339 g/mol. The van der Waals surface area contributed by atoms with Gasteiger partial charge in [-0.05, 0) is 26.0 Å². The zero-order chi connectivity index (χ0) is 15.9. The van der Waals surface area contributed by atoms with Crippen molar-refractivity contribution >= 4 is 32.4 Å². The molecule has 1 saturated heterocycles. The molecule has 0 unspecified atom stereocenters. The highest BCUT2D eigenvalue weighted by atomic mass is 35.5. The Morgan fingerprint density at radius 3 is 2.27 bits per heavy atom. The van der Waals surface area contributed by atoms with Gasteiger partial charge in [-0.2, -0.15) is 4.31 Å². The Labute approximate surface area is 135 Å². The number of hydrogen-bond donors (Lipinski definition) is 0. The molecule has 0 aliphatic carbocycles. The summed E-state index contributed by atoms with van der Waals surface area (Å²) >= 11 is 6.18. The summed E-state index contributed by atoms with van der Waals surface area (Å²) in [6.07, 6.45) is -0.228. The lowest BCUT2D eigenvalue weighted by Crippen LogP contribution is -2.48. The number of sulfonamides is 1. The molecule has 0 N–H and O–H groups in total. The summed E-state index contributed by atoms with van der Waals surface area (Å²) < 4.78 is 33.2. The van der Waals surface area contributed by atoms with Gasteiger partial charge >= 0.3 is 0 Å². The first-order valence-electron chi connectivity index (χ1n) is 7.22. The third kappa shape index (κ3) is 2.74. The van der Waals surface area contributed by atoms with Crippen LogP contribution in [-0.4, -0.2) is 38.0 Å². The first-order chi connectivity index (χ1) is 10.4. The van der Waals surface area contributed by atoms with Gasteiger partial charge in [-0.25, -0.2) is 8.42 Å². The van der Waals surface area contributed by atoms with Crippen LogP contribution in [0, 0.1) is 0 Å². The Morgan fingerprint density at radius 1 is 1.05 bits per heavy atom. The standard InChI is InChI=1S/C16H18ClNO3S/c1-11-9-18(10-12(2)21-11)22(19,20)16-8-7-15(17)13-5-3-4-6-14(13)16/h3-8,11-12H,9-10H2,1-2H3/t11-,12+. The van der Waals surface area contributed by atoms with Crippen molar-refractivity contribution in [3.8, 4) is 0 Å². The zero-order valence-corrected chi connectivity index (χ0v) is 14.1. The SMILES string of the molecule is C[C@@H]1CN(S(=O)(=O)c2ccc(Cl)c3ccccc23)C[C@H](C)O1. The van der Waals surface area contributed by atoms with E-state index >= 15 is 0 Å². The van der Waals surface area contributed by atoms with E-state index in [1.807, 2.05) is 32.0 Å². The lowest BCUT2D eigenvalue weighted by molar-refractivity contribution is -0.0440. The molecule has 6 heteroatoms. The van der Waals surface area contributed by atoms with Crippen molar-refractivity contribution in [3.63, 3.8) is 0 Å². The second kappa shape index (κ2) is 5.81. The van der Waals surface area contributed by atoms with E-state index in [1.165, 1.54) is 4.31 Å². The van der Waals surface area contributed by atoms with Gasteiger partial charge in [0.2, 0.25) is 10.0 Å². The number of nitrogens with zero attached hydrogens (tertiary/aromatic N) is 1. The van der Waals surface area contributed by atoms with Crippen LogP contribution in [0.25, 0.3) is 10.8 Å². The summed E-state index contributed by atoms with van der Waals surface area (Å²) in [5.74, 6) is 0. The normalized spacial score (nSPS) is 23.8. The number of fused-ring (bicyclic) bond motifs is 1. The van der Waals surface area contributed by atoms with Crippen molar-refractivity contribution in [2.24, 2.45) is 0 Å². The highest BCUT2D eigenvalue weighted by molar-refractivity contribution is 7.89. The zero-order valence-electron chi connectivity index (χ0n) is 12.5. The van der Waals surface area contributed by atoms with Crippen LogP contribution in [0.5, 0.6) is 0 Å². The molecule has 2 aromatic rings. The van der Waals surface area contributed by atoms with E-state index in [2.05, 4.69) is 0 Å². The number of rotatable bonds is 2. The summed E-state index contributed by atoms with van der Waals surface area (Å²) in [4.78, 5) is 0.300. The van der Waals surface area contributed by atoms with Gasteiger partial charge < -0.3 is 4.74 Å². The number of morpholine rings is 1. The minimum absolute atomic E-state index is 0.114. The van der Waals surface area contributed by atoms with Crippen LogP contribution in [0.1, 0.15) is 13.8 Å². The van der Waals surface area contributed by atoms with Gasteiger partial charge in [-0.15, -0.1) is 0 Å². The smallest absolute Gasteiger partial charge is 0.243 e.